The van der Waals surface area contributed by atoms with E-state index in [0.717, 1.165) is 25.8 Å². The number of amides is 1. The minimum absolute atomic E-state index is 0.0413. The summed E-state index contributed by atoms with van der Waals surface area (Å²) in [7, 11) is 0. The summed E-state index contributed by atoms with van der Waals surface area (Å²) in [5.74, 6) is -0.642. The van der Waals surface area contributed by atoms with Crippen LogP contribution in [0.2, 0.25) is 0 Å². The summed E-state index contributed by atoms with van der Waals surface area (Å²) in [4.78, 5) is 22.6. The van der Waals surface area contributed by atoms with Crippen molar-refractivity contribution in [3.05, 3.63) is 0 Å². The van der Waals surface area contributed by atoms with E-state index < -0.39 is 18.3 Å². The standard InChI is InChI=1S/C10H16N2O4/c13-8-5-7(10(15)16-8)12-9(14)6-3-1-2-4-11-6/h6-7,10-11,15H,1-5H2,(H,12,14)/t6-,7-,10+/m0/s1. The molecule has 0 unspecified atom stereocenters. The highest BCUT2D eigenvalue weighted by molar-refractivity contribution is 5.83. The van der Waals surface area contributed by atoms with Gasteiger partial charge < -0.3 is 20.5 Å². The average Bonchev–Trinajstić information content (AvgIpc) is 2.59. The molecule has 0 radical (unpaired) electrons. The fourth-order valence-electron chi connectivity index (χ4n) is 2.03. The number of piperidine rings is 1. The normalized spacial score (nSPS) is 34.6. The SMILES string of the molecule is O=C1C[C@H](NC(=O)[C@@H]2CCCCN2)[C@H](O)O1. The second kappa shape index (κ2) is 4.80. The summed E-state index contributed by atoms with van der Waals surface area (Å²) >= 11 is 0. The van der Waals surface area contributed by atoms with Crippen LogP contribution in [0.3, 0.4) is 0 Å². The molecule has 3 N–H and O–H groups in total. The maximum absolute atomic E-state index is 11.8. The number of hydrogen-bond acceptors (Lipinski definition) is 5. The summed E-state index contributed by atoms with van der Waals surface area (Å²) in [6.45, 7) is 0.834. The van der Waals surface area contributed by atoms with Gasteiger partial charge in [-0.2, -0.15) is 0 Å². The Kier molecular flexibility index (Phi) is 3.40. The molecule has 0 aromatic carbocycles. The van der Waals surface area contributed by atoms with E-state index in [1.807, 2.05) is 0 Å². The molecule has 0 aliphatic carbocycles. The molecule has 3 atom stereocenters. The number of nitrogens with one attached hydrogen (secondary N) is 2. The Labute approximate surface area is 93.3 Å². The highest BCUT2D eigenvalue weighted by Gasteiger charge is 2.35. The van der Waals surface area contributed by atoms with Gasteiger partial charge >= 0.3 is 5.97 Å². The molecule has 16 heavy (non-hydrogen) atoms. The highest BCUT2D eigenvalue weighted by atomic mass is 16.6. The zero-order chi connectivity index (χ0) is 11.5. The minimum atomic E-state index is -1.21. The van der Waals surface area contributed by atoms with Crippen molar-refractivity contribution in [3.8, 4) is 0 Å². The van der Waals surface area contributed by atoms with Crippen LogP contribution in [0.1, 0.15) is 25.7 Å². The van der Waals surface area contributed by atoms with Crippen molar-refractivity contribution in [2.45, 2.75) is 44.1 Å². The first kappa shape index (κ1) is 11.3. The van der Waals surface area contributed by atoms with Crippen LogP contribution in [-0.4, -0.2) is 41.9 Å². The van der Waals surface area contributed by atoms with Crippen LogP contribution in [0, 0.1) is 0 Å². The third kappa shape index (κ3) is 2.51. The molecule has 0 aromatic heterocycles. The van der Waals surface area contributed by atoms with Crippen LogP contribution < -0.4 is 10.6 Å². The van der Waals surface area contributed by atoms with Crippen molar-refractivity contribution in [1.29, 1.82) is 0 Å². The molecule has 0 aromatic rings. The monoisotopic (exact) mass is 228 g/mol. The van der Waals surface area contributed by atoms with Crippen LogP contribution in [0.4, 0.5) is 0 Å². The van der Waals surface area contributed by atoms with Gasteiger partial charge in [0, 0.05) is 0 Å². The fourth-order valence-corrected chi connectivity index (χ4v) is 2.03. The van der Waals surface area contributed by atoms with Gasteiger partial charge in [-0.3, -0.25) is 9.59 Å². The van der Waals surface area contributed by atoms with E-state index in [1.165, 1.54) is 0 Å². The Morgan fingerprint density at radius 1 is 1.50 bits per heavy atom. The highest BCUT2D eigenvalue weighted by Crippen LogP contribution is 2.14. The molecule has 2 heterocycles. The number of carbonyl (C=O) groups excluding carboxylic acids is 2. The molecule has 1 amide bonds. The van der Waals surface area contributed by atoms with Crippen LogP contribution in [-0.2, 0) is 14.3 Å². The molecule has 0 bridgehead atoms. The first-order chi connectivity index (χ1) is 7.66. The number of aliphatic hydroxyl groups is 1. The van der Waals surface area contributed by atoms with Crippen molar-refractivity contribution in [3.63, 3.8) is 0 Å². The molecule has 2 saturated heterocycles. The summed E-state index contributed by atoms with van der Waals surface area (Å²) in [5.41, 5.74) is 0. The first-order valence-corrected chi connectivity index (χ1v) is 5.58. The molecular formula is C10H16N2O4. The lowest BCUT2D eigenvalue weighted by Gasteiger charge is -2.24. The van der Waals surface area contributed by atoms with Gasteiger partial charge in [-0.25, -0.2) is 0 Å². The molecule has 0 spiro atoms. The predicted molar refractivity (Wildman–Crippen MR) is 54.3 cm³/mol. The molecule has 2 aliphatic rings. The Balaban J connectivity index is 1.84. The predicted octanol–water partition coefficient (Wildman–Crippen LogP) is -1.12. The fraction of sp³-hybridized carbons (Fsp3) is 0.800. The summed E-state index contributed by atoms with van der Waals surface area (Å²) in [5, 5.41) is 15.1. The van der Waals surface area contributed by atoms with Gasteiger partial charge in [0.1, 0.15) is 6.04 Å². The van der Waals surface area contributed by atoms with Crippen LogP contribution >= 0.6 is 0 Å². The van der Waals surface area contributed by atoms with Crippen molar-refractivity contribution in [1.82, 2.24) is 10.6 Å². The largest absolute Gasteiger partial charge is 0.434 e. The van der Waals surface area contributed by atoms with E-state index in [4.69, 9.17) is 0 Å². The van der Waals surface area contributed by atoms with Gasteiger partial charge in [0.2, 0.25) is 12.2 Å². The van der Waals surface area contributed by atoms with Gasteiger partial charge in [0.15, 0.2) is 0 Å². The van der Waals surface area contributed by atoms with Crippen LogP contribution in [0.15, 0.2) is 0 Å². The topological polar surface area (TPSA) is 87.7 Å². The van der Waals surface area contributed by atoms with Crippen molar-refractivity contribution >= 4 is 11.9 Å². The zero-order valence-corrected chi connectivity index (χ0v) is 8.94. The number of aliphatic hydroxyl groups excluding tert-OH is 1. The number of cyclic esters (lactones) is 1. The quantitative estimate of drug-likeness (QED) is 0.521. The number of esters is 1. The first-order valence-electron chi connectivity index (χ1n) is 5.58. The molecule has 2 fully saturated rings. The molecule has 2 rings (SSSR count). The van der Waals surface area contributed by atoms with Crippen molar-refractivity contribution in [2.75, 3.05) is 6.54 Å². The maximum atomic E-state index is 11.8. The maximum Gasteiger partial charge on any atom is 0.310 e. The summed E-state index contributed by atoms with van der Waals surface area (Å²) in [6, 6.07) is -0.819. The number of carbonyl (C=O) groups is 2. The molecule has 90 valence electrons. The molecular weight excluding hydrogens is 212 g/mol. The number of hydrogen-bond donors (Lipinski definition) is 3. The van der Waals surface area contributed by atoms with Crippen LogP contribution in [0.25, 0.3) is 0 Å². The van der Waals surface area contributed by atoms with Crippen LogP contribution in [0.5, 0.6) is 0 Å². The molecule has 6 nitrogen and oxygen atoms in total. The number of rotatable bonds is 2. The molecule has 2 aliphatic heterocycles. The Bertz CT molecular complexity index is 289. The van der Waals surface area contributed by atoms with E-state index in [1.54, 1.807) is 0 Å². The Morgan fingerprint density at radius 3 is 2.88 bits per heavy atom. The Morgan fingerprint density at radius 2 is 2.31 bits per heavy atom. The Hall–Kier alpha value is -1.14. The average molecular weight is 228 g/mol. The molecule has 0 saturated carbocycles. The van der Waals surface area contributed by atoms with Gasteiger partial charge in [-0.15, -0.1) is 0 Å². The second-order valence-electron chi connectivity index (χ2n) is 4.20. The third-order valence-electron chi connectivity index (χ3n) is 2.94. The van der Waals surface area contributed by atoms with Crippen molar-refractivity contribution < 1.29 is 19.4 Å². The van der Waals surface area contributed by atoms with E-state index in [-0.39, 0.29) is 18.4 Å². The van der Waals surface area contributed by atoms with Gasteiger partial charge in [-0.05, 0) is 19.4 Å². The lowest BCUT2D eigenvalue weighted by atomic mass is 10.0. The van der Waals surface area contributed by atoms with Crippen molar-refractivity contribution in [2.24, 2.45) is 0 Å². The van der Waals surface area contributed by atoms with E-state index in [0.29, 0.717) is 0 Å². The number of ether oxygens (including phenoxy) is 1. The zero-order valence-electron chi connectivity index (χ0n) is 8.94. The molecule has 6 heteroatoms. The third-order valence-corrected chi connectivity index (χ3v) is 2.94. The van der Waals surface area contributed by atoms with Gasteiger partial charge in [0.25, 0.3) is 0 Å². The van der Waals surface area contributed by atoms with Gasteiger partial charge in [-0.1, -0.05) is 6.42 Å². The lowest BCUT2D eigenvalue weighted by Crippen LogP contribution is -2.51. The second-order valence-corrected chi connectivity index (χ2v) is 4.20. The minimum Gasteiger partial charge on any atom is -0.434 e. The van der Waals surface area contributed by atoms with E-state index in [2.05, 4.69) is 15.4 Å². The van der Waals surface area contributed by atoms with E-state index >= 15 is 0 Å². The summed E-state index contributed by atoms with van der Waals surface area (Å²) in [6.07, 6.45) is 1.73. The van der Waals surface area contributed by atoms with E-state index in [9.17, 15) is 14.7 Å². The lowest BCUT2D eigenvalue weighted by molar-refractivity contribution is -0.155. The smallest absolute Gasteiger partial charge is 0.310 e. The summed E-state index contributed by atoms with van der Waals surface area (Å²) < 4.78 is 4.54. The van der Waals surface area contributed by atoms with Gasteiger partial charge in [0.05, 0.1) is 12.5 Å².